The number of carbonyl (C=O) groups is 1. The molecule has 0 unspecified atom stereocenters. The Morgan fingerprint density at radius 1 is 1.56 bits per heavy atom. The first-order valence-corrected chi connectivity index (χ1v) is 6.94. The molecule has 0 radical (unpaired) electrons. The molecule has 2 rings (SSSR count). The second kappa shape index (κ2) is 5.94. The monoisotopic (exact) mass is 249 g/mol. The van der Waals surface area contributed by atoms with E-state index in [4.69, 9.17) is 5.73 Å². The van der Waals surface area contributed by atoms with Gasteiger partial charge in [-0.3, -0.25) is 4.79 Å². The van der Waals surface area contributed by atoms with Crippen molar-refractivity contribution >= 4 is 11.6 Å². The highest BCUT2D eigenvalue weighted by Crippen LogP contribution is 2.33. The molecule has 4 nitrogen and oxygen atoms in total. The average molecular weight is 249 g/mol. The smallest absolute Gasteiger partial charge is 0.267 e. The predicted octanol–water partition coefficient (Wildman–Crippen LogP) is 2.40. The lowest BCUT2D eigenvalue weighted by Gasteiger charge is -2.08. The molecule has 1 aliphatic rings. The van der Waals surface area contributed by atoms with Crippen LogP contribution >= 0.6 is 0 Å². The van der Waals surface area contributed by atoms with Crippen molar-refractivity contribution in [1.82, 2.24) is 9.88 Å². The summed E-state index contributed by atoms with van der Waals surface area (Å²) in [5, 5.41) is 2.98. The number of aromatic nitrogens is 1. The van der Waals surface area contributed by atoms with Gasteiger partial charge in [-0.15, -0.1) is 0 Å². The number of carbonyl (C=O) groups excluding carboxylic acids is 1. The van der Waals surface area contributed by atoms with Crippen LogP contribution in [0.5, 0.6) is 0 Å². The number of rotatable bonds is 7. The number of nitrogens with zero attached hydrogens (tertiary/aromatic N) is 1. The molecule has 0 aliphatic heterocycles. The van der Waals surface area contributed by atoms with Gasteiger partial charge in [-0.2, -0.15) is 0 Å². The van der Waals surface area contributed by atoms with Gasteiger partial charge >= 0.3 is 0 Å². The van der Waals surface area contributed by atoms with E-state index in [1.165, 1.54) is 19.3 Å². The van der Waals surface area contributed by atoms with E-state index >= 15 is 0 Å². The molecular weight excluding hydrogens is 226 g/mol. The number of anilines is 1. The minimum atomic E-state index is -0.00375. The summed E-state index contributed by atoms with van der Waals surface area (Å²) >= 11 is 0. The molecular formula is C14H23N3O. The van der Waals surface area contributed by atoms with Crippen LogP contribution in [-0.2, 0) is 6.54 Å². The van der Waals surface area contributed by atoms with Crippen molar-refractivity contribution < 1.29 is 4.79 Å². The molecule has 100 valence electrons. The molecule has 1 saturated carbocycles. The summed E-state index contributed by atoms with van der Waals surface area (Å²) in [6, 6.07) is 1.76. The van der Waals surface area contributed by atoms with Crippen LogP contribution in [0.4, 0.5) is 5.69 Å². The van der Waals surface area contributed by atoms with Gasteiger partial charge in [0.05, 0.1) is 5.69 Å². The Hall–Kier alpha value is -1.45. The molecule has 0 spiro atoms. The lowest BCUT2D eigenvalue weighted by molar-refractivity contribution is 0.0943. The highest BCUT2D eigenvalue weighted by atomic mass is 16.1. The van der Waals surface area contributed by atoms with E-state index in [1.54, 1.807) is 6.07 Å². The highest BCUT2D eigenvalue weighted by Gasteiger charge is 2.20. The fraction of sp³-hybridized carbons (Fsp3) is 0.643. The van der Waals surface area contributed by atoms with Crippen molar-refractivity contribution in [2.45, 2.75) is 45.6 Å². The number of aryl methyl sites for hydroxylation is 1. The Morgan fingerprint density at radius 3 is 3.00 bits per heavy atom. The van der Waals surface area contributed by atoms with Gasteiger partial charge in [-0.25, -0.2) is 0 Å². The van der Waals surface area contributed by atoms with E-state index < -0.39 is 0 Å². The number of hydrogen-bond donors (Lipinski definition) is 2. The Labute approximate surface area is 109 Å². The third-order valence-electron chi connectivity index (χ3n) is 3.39. The molecule has 0 saturated heterocycles. The second-order valence-electron chi connectivity index (χ2n) is 5.19. The predicted molar refractivity (Wildman–Crippen MR) is 73.4 cm³/mol. The van der Waals surface area contributed by atoms with Gasteiger partial charge in [0.15, 0.2) is 0 Å². The molecule has 0 bridgehead atoms. The third-order valence-corrected chi connectivity index (χ3v) is 3.39. The number of amides is 1. The van der Waals surface area contributed by atoms with E-state index in [0.717, 1.165) is 31.8 Å². The summed E-state index contributed by atoms with van der Waals surface area (Å²) in [5.41, 5.74) is 7.09. The van der Waals surface area contributed by atoms with Crippen LogP contribution in [0.1, 0.15) is 49.5 Å². The summed E-state index contributed by atoms with van der Waals surface area (Å²) in [5.74, 6) is 0.928. The van der Waals surface area contributed by atoms with E-state index in [2.05, 4.69) is 12.2 Å². The lowest BCUT2D eigenvalue weighted by atomic mass is 10.2. The lowest BCUT2D eigenvalue weighted by Crippen LogP contribution is -2.26. The highest BCUT2D eigenvalue weighted by molar-refractivity contribution is 5.93. The van der Waals surface area contributed by atoms with Crippen molar-refractivity contribution in [2.75, 3.05) is 12.3 Å². The van der Waals surface area contributed by atoms with Gasteiger partial charge in [0, 0.05) is 19.3 Å². The second-order valence-corrected chi connectivity index (χ2v) is 5.19. The zero-order chi connectivity index (χ0) is 13.0. The summed E-state index contributed by atoms with van der Waals surface area (Å²) in [6.07, 6.45) is 7.92. The number of nitrogen functional groups attached to an aromatic ring is 1. The van der Waals surface area contributed by atoms with Gasteiger partial charge < -0.3 is 15.6 Å². The molecule has 0 aromatic carbocycles. The number of nitrogens with two attached hydrogens (primary N) is 1. The zero-order valence-corrected chi connectivity index (χ0v) is 11.1. The minimum absolute atomic E-state index is 0.00375. The molecule has 4 heteroatoms. The standard InChI is InChI=1S/C14H23N3O/c1-2-8-17-10-12(15)9-13(17)14(18)16-7-3-4-11-5-6-11/h9-11H,2-8,15H2,1H3,(H,16,18). The Kier molecular flexibility index (Phi) is 4.28. The van der Waals surface area contributed by atoms with Gasteiger partial charge in [0.2, 0.25) is 0 Å². The van der Waals surface area contributed by atoms with Crippen LogP contribution in [0, 0.1) is 5.92 Å². The average Bonchev–Trinajstić information content (AvgIpc) is 3.09. The van der Waals surface area contributed by atoms with E-state index in [9.17, 15) is 4.79 Å². The van der Waals surface area contributed by atoms with Gasteiger partial charge in [0.1, 0.15) is 5.69 Å². The first kappa shape index (κ1) is 13.0. The van der Waals surface area contributed by atoms with Crippen molar-refractivity contribution in [2.24, 2.45) is 5.92 Å². The third kappa shape index (κ3) is 3.52. The minimum Gasteiger partial charge on any atom is -0.397 e. The van der Waals surface area contributed by atoms with Gasteiger partial charge in [-0.1, -0.05) is 19.8 Å². The summed E-state index contributed by atoms with van der Waals surface area (Å²) in [6.45, 7) is 3.70. The molecule has 1 amide bonds. The van der Waals surface area contributed by atoms with E-state index in [0.29, 0.717) is 11.4 Å². The van der Waals surface area contributed by atoms with Crippen LogP contribution < -0.4 is 11.1 Å². The molecule has 1 aromatic rings. The molecule has 3 N–H and O–H groups in total. The Balaban J connectivity index is 1.82. The van der Waals surface area contributed by atoms with Gasteiger partial charge in [0.25, 0.3) is 5.91 Å². The van der Waals surface area contributed by atoms with Gasteiger partial charge in [-0.05, 0) is 31.2 Å². The van der Waals surface area contributed by atoms with Crippen LogP contribution in [0.2, 0.25) is 0 Å². The van der Waals surface area contributed by atoms with Crippen LogP contribution in [0.25, 0.3) is 0 Å². The molecule has 1 fully saturated rings. The SMILES string of the molecule is CCCn1cc(N)cc1C(=O)NCCCC1CC1. The zero-order valence-electron chi connectivity index (χ0n) is 11.1. The molecule has 0 atom stereocenters. The normalized spacial score (nSPS) is 14.7. The fourth-order valence-corrected chi connectivity index (χ4v) is 2.24. The number of hydrogen-bond acceptors (Lipinski definition) is 2. The van der Waals surface area contributed by atoms with Crippen molar-refractivity contribution in [3.05, 3.63) is 18.0 Å². The van der Waals surface area contributed by atoms with Crippen LogP contribution in [-0.4, -0.2) is 17.0 Å². The largest absolute Gasteiger partial charge is 0.397 e. The summed E-state index contributed by atoms with van der Waals surface area (Å²) < 4.78 is 1.94. The van der Waals surface area contributed by atoms with Crippen molar-refractivity contribution in [3.8, 4) is 0 Å². The van der Waals surface area contributed by atoms with Crippen molar-refractivity contribution in [1.29, 1.82) is 0 Å². The maximum atomic E-state index is 12.0. The Morgan fingerprint density at radius 2 is 2.33 bits per heavy atom. The number of nitrogens with one attached hydrogen (secondary N) is 1. The summed E-state index contributed by atoms with van der Waals surface area (Å²) in [7, 11) is 0. The maximum Gasteiger partial charge on any atom is 0.267 e. The molecule has 1 heterocycles. The van der Waals surface area contributed by atoms with E-state index in [1.807, 2.05) is 10.8 Å². The molecule has 1 aromatic heterocycles. The maximum absolute atomic E-state index is 12.0. The Bertz CT molecular complexity index is 407. The molecule has 18 heavy (non-hydrogen) atoms. The fourth-order valence-electron chi connectivity index (χ4n) is 2.24. The molecule has 1 aliphatic carbocycles. The van der Waals surface area contributed by atoms with Crippen LogP contribution in [0.15, 0.2) is 12.3 Å². The van der Waals surface area contributed by atoms with E-state index in [-0.39, 0.29) is 5.91 Å². The quantitative estimate of drug-likeness (QED) is 0.729. The summed E-state index contributed by atoms with van der Waals surface area (Å²) in [4.78, 5) is 12.0. The topological polar surface area (TPSA) is 60.0 Å². The van der Waals surface area contributed by atoms with Crippen molar-refractivity contribution in [3.63, 3.8) is 0 Å². The first-order chi connectivity index (χ1) is 8.70. The van der Waals surface area contributed by atoms with Crippen LogP contribution in [0.3, 0.4) is 0 Å². The first-order valence-electron chi connectivity index (χ1n) is 6.94.